The van der Waals surface area contributed by atoms with E-state index in [2.05, 4.69) is 0 Å². The van der Waals surface area contributed by atoms with Crippen LogP contribution < -0.4 is 30.7 Å². The van der Waals surface area contributed by atoms with Crippen LogP contribution in [0.4, 0.5) is 0 Å². The van der Waals surface area contributed by atoms with Crippen molar-refractivity contribution in [2.75, 3.05) is 26.2 Å². The first-order valence-corrected chi connectivity index (χ1v) is 23.9. The zero-order valence-corrected chi connectivity index (χ0v) is 36.5. The maximum Gasteiger partial charge on any atom is 0.234 e. The predicted octanol–water partition coefficient (Wildman–Crippen LogP) is 6.23. The number of hydrogen-bond donors (Lipinski definition) is 0. The van der Waals surface area contributed by atoms with Gasteiger partial charge in [0.2, 0.25) is 11.8 Å². The van der Waals surface area contributed by atoms with Gasteiger partial charge in [-0.25, -0.2) is 0 Å². The molecular weight excluding hydrogens is 790 g/mol. The number of hydrogen-bond acceptors (Lipinski definition) is 6. The molecule has 4 aromatic carbocycles. The summed E-state index contributed by atoms with van der Waals surface area (Å²) in [4.78, 5) is 30.7. The summed E-state index contributed by atoms with van der Waals surface area (Å²) in [6.07, 6.45) is 3.01. The Balaban J connectivity index is 0.000000228. The fraction of sp³-hybridized carbons (Fsp3) is 0.250. The van der Waals surface area contributed by atoms with Gasteiger partial charge in [-0.3, -0.25) is 9.59 Å². The number of pyridine rings is 2. The van der Waals surface area contributed by atoms with E-state index >= 15 is 0 Å². The average molecular weight is 845 g/mol. The highest BCUT2D eigenvalue weighted by Crippen LogP contribution is 2.51. The van der Waals surface area contributed by atoms with Gasteiger partial charge in [0, 0.05) is 71.7 Å². The van der Waals surface area contributed by atoms with Crippen LogP contribution in [0.5, 0.6) is 0 Å². The lowest BCUT2D eigenvalue weighted by Gasteiger charge is -2.31. The van der Waals surface area contributed by atoms with Crippen LogP contribution in [0.15, 0.2) is 170 Å². The van der Waals surface area contributed by atoms with Crippen molar-refractivity contribution < 1.29 is 28.2 Å². The first-order chi connectivity index (χ1) is 29.0. The molecule has 12 heteroatoms. The quantitative estimate of drug-likeness (QED) is 0.0647. The number of aromatic nitrogens is 2. The molecule has 312 valence electrons. The van der Waals surface area contributed by atoms with Crippen LogP contribution in [0, 0.1) is 10.4 Å². The van der Waals surface area contributed by atoms with E-state index in [9.17, 15) is 29.1 Å². The molecule has 0 unspecified atom stereocenters. The number of rotatable bonds is 16. The summed E-state index contributed by atoms with van der Waals surface area (Å²) in [5.41, 5.74) is -0.889. The molecule has 6 aromatic rings. The molecule has 0 fully saturated rings. The minimum Gasteiger partial charge on any atom is -0.619 e. The van der Waals surface area contributed by atoms with Crippen LogP contribution in [0.2, 0.25) is 0 Å². The highest BCUT2D eigenvalue weighted by molar-refractivity contribution is 7.80. The maximum atomic E-state index is 14.9. The van der Waals surface area contributed by atoms with Crippen LogP contribution in [0.25, 0.3) is 0 Å². The van der Waals surface area contributed by atoms with E-state index in [1.807, 2.05) is 149 Å². The van der Waals surface area contributed by atoms with Gasteiger partial charge in [-0.1, -0.05) is 133 Å². The Morgan fingerprint density at radius 3 is 0.933 bits per heavy atom. The first kappa shape index (κ1) is 45.3. The van der Waals surface area contributed by atoms with Gasteiger partial charge >= 0.3 is 0 Å². The monoisotopic (exact) mass is 844 g/mol. The van der Waals surface area contributed by atoms with Crippen molar-refractivity contribution in [2.45, 2.75) is 51.9 Å². The van der Waals surface area contributed by atoms with Gasteiger partial charge in [0.05, 0.1) is 12.8 Å². The van der Waals surface area contributed by atoms with E-state index in [1.54, 1.807) is 46.2 Å². The van der Waals surface area contributed by atoms with Crippen molar-refractivity contribution in [3.63, 3.8) is 0 Å². The summed E-state index contributed by atoms with van der Waals surface area (Å²) in [6, 6.07) is 46.8. The Hall–Kier alpha value is -5.82. The van der Waals surface area contributed by atoms with Crippen LogP contribution in [-0.4, -0.2) is 59.1 Å². The number of amides is 2. The Labute approximate surface area is 354 Å². The SMILES string of the molecule is CCN(CC)C(=O)[C@@H](Cc1cccc[n+]1[O-])P(=O)(c1ccccc1)c1ccccc1.CCN(CC)C(=O)[C@@H](Cc1cccc[n+]1[O-])P(=O)(c1ccccc1)c1ccccc1. The smallest absolute Gasteiger partial charge is 0.234 e. The minimum atomic E-state index is -3.40. The molecule has 0 aliphatic rings. The fourth-order valence-electron chi connectivity index (χ4n) is 7.49. The number of benzene rings is 4. The highest BCUT2D eigenvalue weighted by Gasteiger charge is 2.45. The van der Waals surface area contributed by atoms with E-state index in [0.29, 0.717) is 58.8 Å². The standard InChI is InChI=1S/2C24H27N2O3P/c2*1-3-25(4-2)24(27)23(19-20-13-11-12-18-26(20)28)30(29,21-14-7-5-8-15-21)22-16-9-6-10-17-22/h2*5-18,23H,3-4,19H2,1-2H3/t2*23-/m11/s1. The highest BCUT2D eigenvalue weighted by atomic mass is 31.2. The third kappa shape index (κ3) is 10.1. The van der Waals surface area contributed by atoms with Crippen LogP contribution >= 0.6 is 14.3 Å². The van der Waals surface area contributed by atoms with Crippen LogP contribution in [0.3, 0.4) is 0 Å². The van der Waals surface area contributed by atoms with E-state index in [1.165, 1.54) is 12.4 Å². The van der Waals surface area contributed by atoms with E-state index in [0.717, 1.165) is 9.46 Å². The molecule has 2 amide bonds. The summed E-state index contributed by atoms with van der Waals surface area (Å²) in [7, 11) is -6.80. The second-order valence-electron chi connectivity index (χ2n) is 14.2. The minimum absolute atomic E-state index is 0.0980. The molecule has 6 rings (SSSR count). The lowest BCUT2D eigenvalue weighted by atomic mass is 10.2. The Morgan fingerprint density at radius 2 is 0.700 bits per heavy atom. The molecule has 0 aliphatic heterocycles. The zero-order chi connectivity index (χ0) is 43.1. The van der Waals surface area contributed by atoms with Gasteiger partial charge in [0.1, 0.15) is 11.3 Å². The van der Waals surface area contributed by atoms with E-state index < -0.39 is 25.6 Å². The Morgan fingerprint density at radius 1 is 0.450 bits per heavy atom. The third-order valence-electron chi connectivity index (χ3n) is 10.8. The average Bonchev–Trinajstić information content (AvgIpc) is 3.30. The second-order valence-corrected chi connectivity index (χ2v) is 20.1. The molecule has 0 radical (unpaired) electrons. The topological polar surface area (TPSA) is 129 Å². The van der Waals surface area contributed by atoms with Crippen molar-refractivity contribution in [2.24, 2.45) is 0 Å². The molecule has 0 saturated heterocycles. The number of carbonyl (C=O) groups excluding carboxylic acids is 2. The van der Waals surface area contributed by atoms with Gasteiger partial charge in [-0.05, 0) is 27.7 Å². The molecule has 10 nitrogen and oxygen atoms in total. The normalized spacial score (nSPS) is 12.3. The molecular formula is C48H54N4O6P2. The molecule has 0 N–H and O–H groups in total. The predicted molar refractivity (Wildman–Crippen MR) is 241 cm³/mol. The Kier molecular flexibility index (Phi) is 16.2. The summed E-state index contributed by atoms with van der Waals surface area (Å²) >= 11 is 0. The number of nitrogens with zero attached hydrogens (tertiary/aromatic N) is 4. The van der Waals surface area contributed by atoms with Crippen molar-refractivity contribution in [1.29, 1.82) is 0 Å². The molecule has 2 atom stereocenters. The summed E-state index contributed by atoms with van der Waals surface area (Å²) in [5.74, 6) is -0.389. The molecule has 2 aromatic heterocycles. The van der Waals surface area contributed by atoms with Crippen molar-refractivity contribution in [3.05, 3.63) is 192 Å². The fourth-order valence-corrected chi connectivity index (χ4v) is 13.8. The lowest BCUT2D eigenvalue weighted by molar-refractivity contribution is -0.614. The summed E-state index contributed by atoms with van der Waals surface area (Å²) in [5, 5.41) is 27.3. The maximum absolute atomic E-state index is 14.9. The number of carbonyl (C=O) groups is 2. The molecule has 0 aliphatic carbocycles. The van der Waals surface area contributed by atoms with Gasteiger partial charge in [0.15, 0.2) is 38.1 Å². The van der Waals surface area contributed by atoms with Crippen molar-refractivity contribution >= 4 is 47.3 Å². The largest absolute Gasteiger partial charge is 0.619 e. The van der Waals surface area contributed by atoms with Gasteiger partial charge in [-0.15, -0.1) is 0 Å². The van der Waals surface area contributed by atoms with E-state index in [4.69, 9.17) is 0 Å². The lowest BCUT2D eigenvalue weighted by Crippen LogP contribution is -2.45. The van der Waals surface area contributed by atoms with Crippen LogP contribution in [-0.2, 0) is 31.6 Å². The van der Waals surface area contributed by atoms with Gasteiger partial charge < -0.3 is 29.3 Å². The third-order valence-corrected chi connectivity index (χ3v) is 17.6. The molecule has 2 heterocycles. The van der Waals surface area contributed by atoms with Crippen LogP contribution in [0.1, 0.15) is 39.1 Å². The molecule has 0 spiro atoms. The van der Waals surface area contributed by atoms with Gasteiger partial charge in [0.25, 0.3) is 0 Å². The van der Waals surface area contributed by atoms with E-state index in [-0.39, 0.29) is 24.7 Å². The first-order valence-electron chi connectivity index (χ1n) is 20.4. The summed E-state index contributed by atoms with van der Waals surface area (Å²) in [6.45, 7) is 9.69. The Bertz CT molecular complexity index is 2120. The van der Waals surface area contributed by atoms with Crippen molar-refractivity contribution in [3.8, 4) is 0 Å². The molecule has 0 saturated carbocycles. The second kappa shape index (κ2) is 21.4. The molecule has 60 heavy (non-hydrogen) atoms. The van der Waals surface area contributed by atoms with Gasteiger partial charge in [-0.2, -0.15) is 9.46 Å². The zero-order valence-electron chi connectivity index (χ0n) is 34.7. The summed E-state index contributed by atoms with van der Waals surface area (Å²) < 4.78 is 31.2. The molecule has 0 bridgehead atoms. The van der Waals surface area contributed by atoms with Crippen molar-refractivity contribution in [1.82, 2.24) is 9.80 Å².